The summed E-state index contributed by atoms with van der Waals surface area (Å²) in [7, 11) is -8.96. The van der Waals surface area contributed by atoms with Crippen molar-refractivity contribution in [1.82, 2.24) is 19.5 Å². The van der Waals surface area contributed by atoms with Crippen LogP contribution in [0.2, 0.25) is 0 Å². The zero-order valence-corrected chi connectivity index (χ0v) is 23.7. The fourth-order valence-corrected chi connectivity index (χ4v) is 4.21. The summed E-state index contributed by atoms with van der Waals surface area (Å²) in [6.45, 7) is 1.32. The molecule has 1 fully saturated rings. The van der Waals surface area contributed by atoms with Crippen LogP contribution in [0.5, 0.6) is 0 Å². The number of H-pyrrole nitrogens is 1. The molecule has 1 aliphatic heterocycles. The molecule has 0 bridgehead atoms. The molecular formula is C14H22N6O11P3Y+. The van der Waals surface area contributed by atoms with E-state index in [2.05, 4.69) is 15.0 Å². The van der Waals surface area contributed by atoms with Crippen molar-refractivity contribution in [3.63, 3.8) is 0 Å². The van der Waals surface area contributed by atoms with Gasteiger partial charge in [-0.1, -0.05) is 6.92 Å². The molecule has 2 aromatic rings. The number of imidazole rings is 1. The Bertz CT molecular complexity index is 1150. The summed E-state index contributed by atoms with van der Waals surface area (Å²) in [6.07, 6.45) is -1.16. The molecule has 6 atom stereocenters. The molecule has 2 aromatic heterocycles. The first kappa shape index (κ1) is 32.1. The van der Waals surface area contributed by atoms with Crippen molar-refractivity contribution >= 4 is 41.9 Å². The van der Waals surface area contributed by atoms with Gasteiger partial charge in [-0.15, -0.1) is 9.05 Å². The number of rotatable bonds is 9. The molecular weight excluding hydrogens is 610 g/mol. The van der Waals surface area contributed by atoms with Gasteiger partial charge in [-0.3, -0.25) is 23.5 Å². The summed E-state index contributed by atoms with van der Waals surface area (Å²) >= 11 is 0. The normalized spacial score (nSPS) is 22.7. The van der Waals surface area contributed by atoms with Crippen molar-refractivity contribution in [2.75, 3.05) is 18.9 Å². The largest absolute Gasteiger partial charge is 0.697 e. The molecule has 0 saturated carbocycles. The van der Waals surface area contributed by atoms with Crippen LogP contribution in [0, 0.1) is 17.2 Å². The van der Waals surface area contributed by atoms with Crippen LogP contribution in [0.25, 0.3) is 11.2 Å². The van der Waals surface area contributed by atoms with Gasteiger partial charge in [-0.25, -0.2) is 4.98 Å². The number of nitrogen functional groups attached to an aromatic ring is 1. The molecule has 0 amide bonds. The smallest absolute Gasteiger partial charge is 0.369 e. The number of anilines is 1. The SMILES string of the molecule is CC1C(O[P+](=O)OCCC#N)[C@@H](CO[PH](=O)O)O[C@H]1n1cnc2c(=O)[nH]c(N)nc21.O=[PH](O)O.[Y]. The zero-order chi connectivity index (χ0) is 25.4. The summed E-state index contributed by atoms with van der Waals surface area (Å²) in [5.41, 5.74) is 5.30. The van der Waals surface area contributed by atoms with Gasteiger partial charge in [0.15, 0.2) is 17.3 Å². The van der Waals surface area contributed by atoms with Gasteiger partial charge in [0.25, 0.3) is 5.56 Å². The maximum absolute atomic E-state index is 12.1. The second kappa shape index (κ2) is 15.3. The van der Waals surface area contributed by atoms with Crippen molar-refractivity contribution in [3.8, 4) is 6.07 Å². The first-order valence-electron chi connectivity index (χ1n) is 9.34. The maximum atomic E-state index is 12.1. The number of hydrogen-bond acceptors (Lipinski definition) is 12. The Morgan fingerprint density at radius 1 is 1.40 bits per heavy atom. The minimum atomic E-state index is -3.24. The van der Waals surface area contributed by atoms with Gasteiger partial charge in [-0.2, -0.15) is 10.2 Å². The topological polar surface area (TPSA) is 262 Å². The van der Waals surface area contributed by atoms with E-state index < -0.39 is 54.7 Å². The summed E-state index contributed by atoms with van der Waals surface area (Å²) < 4.78 is 54.4. The number of fused-ring (bicyclic) bond motifs is 1. The first-order chi connectivity index (χ1) is 16.0. The minimum Gasteiger partial charge on any atom is -0.369 e. The molecule has 35 heavy (non-hydrogen) atoms. The Morgan fingerprint density at radius 2 is 2.06 bits per heavy atom. The van der Waals surface area contributed by atoms with Gasteiger partial charge in [0.1, 0.15) is 18.9 Å². The van der Waals surface area contributed by atoms with Gasteiger partial charge in [0.2, 0.25) is 5.95 Å². The van der Waals surface area contributed by atoms with Gasteiger partial charge in [0.05, 0.1) is 25.4 Å². The first-order valence-corrected chi connectivity index (χ1v) is 13.0. The second-order valence-corrected chi connectivity index (χ2v) is 8.90. The van der Waals surface area contributed by atoms with E-state index in [1.807, 2.05) is 6.07 Å². The Kier molecular flexibility index (Phi) is 14.0. The van der Waals surface area contributed by atoms with Crippen molar-refractivity contribution in [3.05, 3.63) is 16.7 Å². The molecule has 4 unspecified atom stereocenters. The van der Waals surface area contributed by atoms with Crippen LogP contribution in [0.3, 0.4) is 0 Å². The molecule has 0 aliphatic carbocycles. The third kappa shape index (κ3) is 9.44. The minimum absolute atomic E-state index is 0. The van der Waals surface area contributed by atoms with E-state index in [1.54, 1.807) is 6.92 Å². The van der Waals surface area contributed by atoms with Crippen LogP contribution in [0.15, 0.2) is 11.1 Å². The van der Waals surface area contributed by atoms with Crippen LogP contribution in [-0.2, 0) is 64.7 Å². The van der Waals surface area contributed by atoms with Crippen LogP contribution in [-0.4, -0.2) is 59.6 Å². The Balaban J connectivity index is 0.00000114. The van der Waals surface area contributed by atoms with Crippen LogP contribution in [0.1, 0.15) is 19.6 Å². The van der Waals surface area contributed by atoms with Gasteiger partial charge in [0, 0.05) is 43.2 Å². The average molecular weight is 632 g/mol. The van der Waals surface area contributed by atoms with E-state index in [1.165, 1.54) is 10.9 Å². The van der Waals surface area contributed by atoms with Gasteiger partial charge >= 0.3 is 24.8 Å². The summed E-state index contributed by atoms with van der Waals surface area (Å²) in [5, 5.41) is 8.53. The quantitative estimate of drug-likeness (QED) is 0.179. The van der Waals surface area contributed by atoms with Gasteiger partial charge in [-0.05, 0) is 0 Å². The molecule has 1 radical (unpaired) electrons. The molecule has 191 valence electrons. The van der Waals surface area contributed by atoms with Crippen molar-refractivity contribution in [2.45, 2.75) is 31.8 Å². The van der Waals surface area contributed by atoms with E-state index in [4.69, 9.17) is 48.5 Å². The van der Waals surface area contributed by atoms with Crippen LogP contribution in [0.4, 0.5) is 5.95 Å². The Labute approximate surface area is 224 Å². The van der Waals surface area contributed by atoms with Crippen LogP contribution >= 0.6 is 24.8 Å². The molecule has 3 heterocycles. The monoisotopic (exact) mass is 632 g/mol. The number of nitrogens with zero attached hydrogens (tertiary/aromatic N) is 4. The number of nitrogens with two attached hydrogens (primary N) is 1. The molecule has 6 N–H and O–H groups in total. The van der Waals surface area contributed by atoms with E-state index >= 15 is 0 Å². The predicted molar refractivity (Wildman–Crippen MR) is 115 cm³/mol. The maximum Gasteiger partial charge on any atom is 0.697 e. The number of aromatic nitrogens is 4. The molecule has 3 rings (SSSR count). The molecule has 1 saturated heterocycles. The number of nitriles is 1. The van der Waals surface area contributed by atoms with Gasteiger partial charge < -0.3 is 29.7 Å². The summed E-state index contributed by atoms with van der Waals surface area (Å²) in [5.74, 6) is -0.599. The van der Waals surface area contributed by atoms with Crippen molar-refractivity contribution in [1.29, 1.82) is 5.26 Å². The number of aromatic amines is 1. The fourth-order valence-electron chi connectivity index (χ4n) is 3.08. The third-order valence-corrected chi connectivity index (χ3v) is 5.59. The van der Waals surface area contributed by atoms with E-state index in [0.29, 0.717) is 0 Å². The summed E-state index contributed by atoms with van der Waals surface area (Å²) in [4.78, 5) is 45.8. The predicted octanol–water partition coefficient (Wildman–Crippen LogP) is -0.0350. The number of ether oxygens (including phenoxy) is 1. The fraction of sp³-hybridized carbons (Fsp3) is 0.571. The molecule has 0 spiro atoms. The van der Waals surface area contributed by atoms with Crippen LogP contribution < -0.4 is 11.3 Å². The Hall–Kier alpha value is -0.976. The molecule has 17 nitrogen and oxygen atoms in total. The third-order valence-electron chi connectivity index (χ3n) is 4.36. The molecule has 21 heteroatoms. The van der Waals surface area contributed by atoms with Crippen molar-refractivity contribution < 1.29 is 79.4 Å². The Morgan fingerprint density at radius 3 is 2.66 bits per heavy atom. The second-order valence-electron chi connectivity index (χ2n) is 6.59. The van der Waals surface area contributed by atoms with E-state index in [0.717, 1.165) is 0 Å². The van der Waals surface area contributed by atoms with Crippen molar-refractivity contribution in [2.24, 2.45) is 5.92 Å². The molecule has 1 aliphatic rings. The van der Waals surface area contributed by atoms with E-state index in [-0.39, 0.29) is 69.5 Å². The zero-order valence-electron chi connectivity index (χ0n) is 18.0. The average Bonchev–Trinajstić information content (AvgIpc) is 3.28. The molecule has 0 aromatic carbocycles. The van der Waals surface area contributed by atoms with E-state index in [9.17, 15) is 13.9 Å². The standard InChI is InChI=1S/C14H18N6O8P2.H3O3P.Y/c1-7-10(28-30(24)25-4-2-3-15)8(5-26-29(22)23)27-13(7)20-6-17-9-11(20)18-14(16)19-12(9)21;1-4(2)3;/h6-8,10,13,29H,2,4-5H2,1H3,(H3-,16,18,19,21,22,23);4H,(H2,1,2,3);/p+1/t7?,8-,10?,13-;;/m1../s1. The number of hydrogen-bond donors (Lipinski definition) is 5. The summed E-state index contributed by atoms with van der Waals surface area (Å²) in [6, 6.07) is 1.85. The number of nitrogens with one attached hydrogen (secondary N) is 1.